The zero-order valence-electron chi connectivity index (χ0n) is 14.4. The third-order valence-corrected chi connectivity index (χ3v) is 4.86. The van der Waals surface area contributed by atoms with Gasteiger partial charge >= 0.3 is 0 Å². The molecule has 0 radical (unpaired) electrons. The second kappa shape index (κ2) is 6.68. The molecule has 0 aliphatic rings. The van der Waals surface area contributed by atoms with Gasteiger partial charge in [-0.2, -0.15) is 16.3 Å². The summed E-state index contributed by atoms with van der Waals surface area (Å²) >= 11 is 1.63. The second-order valence-corrected chi connectivity index (χ2v) is 6.79. The van der Waals surface area contributed by atoms with E-state index in [2.05, 4.69) is 27.4 Å². The van der Waals surface area contributed by atoms with Crippen molar-refractivity contribution in [3.05, 3.63) is 45.7 Å². The first-order valence-electron chi connectivity index (χ1n) is 8.02. The van der Waals surface area contributed by atoms with Crippen LogP contribution in [0.3, 0.4) is 0 Å². The van der Waals surface area contributed by atoms with Gasteiger partial charge in [0.2, 0.25) is 5.82 Å². The van der Waals surface area contributed by atoms with Crippen molar-refractivity contribution in [2.45, 2.75) is 46.7 Å². The van der Waals surface area contributed by atoms with E-state index in [1.807, 2.05) is 43.2 Å². The molecule has 3 rings (SSSR count). The third-order valence-electron chi connectivity index (χ3n) is 4.13. The number of thiophene rings is 1. The lowest BCUT2D eigenvalue weighted by molar-refractivity contribution is 0.0659. The monoisotopic (exact) mass is 343 g/mol. The summed E-state index contributed by atoms with van der Waals surface area (Å²) in [4.78, 5) is 23.5. The molecule has 0 aromatic carbocycles. The van der Waals surface area contributed by atoms with Gasteiger partial charge in [-0.3, -0.25) is 4.79 Å². The number of carbonyl (C=O) groups is 1. The van der Waals surface area contributed by atoms with Crippen LogP contribution in [0.2, 0.25) is 0 Å². The maximum Gasteiger partial charge on any atom is 0.294 e. The average Bonchev–Trinajstić information content (AvgIpc) is 3.20. The van der Waals surface area contributed by atoms with Crippen molar-refractivity contribution in [1.82, 2.24) is 24.5 Å². The Morgan fingerprint density at radius 3 is 2.83 bits per heavy atom. The molecule has 0 fully saturated rings. The number of rotatable bonds is 5. The van der Waals surface area contributed by atoms with Crippen LogP contribution in [0, 0.1) is 13.8 Å². The summed E-state index contributed by atoms with van der Waals surface area (Å²) in [6, 6.07) is 4.08. The van der Waals surface area contributed by atoms with Crippen LogP contribution < -0.4 is 0 Å². The van der Waals surface area contributed by atoms with Crippen molar-refractivity contribution < 1.29 is 4.79 Å². The zero-order valence-corrected chi connectivity index (χ0v) is 15.2. The normalized spacial score (nSPS) is 12.5. The maximum atomic E-state index is 13.0. The molecule has 3 aromatic heterocycles. The second-order valence-electron chi connectivity index (χ2n) is 6.01. The van der Waals surface area contributed by atoms with Gasteiger partial charge in [-0.25, -0.2) is 9.50 Å². The van der Waals surface area contributed by atoms with E-state index in [1.54, 1.807) is 15.9 Å². The molecule has 3 aromatic rings. The van der Waals surface area contributed by atoms with E-state index in [-0.39, 0.29) is 17.8 Å². The molecule has 0 aliphatic carbocycles. The predicted octanol–water partition coefficient (Wildman–Crippen LogP) is 3.24. The van der Waals surface area contributed by atoms with Crippen LogP contribution >= 0.6 is 11.3 Å². The number of fused-ring (bicyclic) bond motifs is 1. The molecule has 1 atom stereocenters. The minimum absolute atomic E-state index is 0.111. The summed E-state index contributed by atoms with van der Waals surface area (Å²) in [6.07, 6.45) is 0.875. The average molecular weight is 343 g/mol. The first kappa shape index (κ1) is 16.6. The fourth-order valence-corrected chi connectivity index (χ4v) is 3.27. The Hall–Kier alpha value is -2.28. The van der Waals surface area contributed by atoms with Crippen LogP contribution in [-0.4, -0.2) is 36.4 Å². The van der Waals surface area contributed by atoms with E-state index in [9.17, 15) is 4.79 Å². The van der Waals surface area contributed by atoms with Crippen molar-refractivity contribution in [2.75, 3.05) is 0 Å². The molecular weight excluding hydrogens is 322 g/mol. The van der Waals surface area contributed by atoms with Crippen molar-refractivity contribution in [2.24, 2.45) is 0 Å². The van der Waals surface area contributed by atoms with E-state index in [1.165, 1.54) is 0 Å². The minimum atomic E-state index is -0.155. The van der Waals surface area contributed by atoms with Gasteiger partial charge in [0.25, 0.3) is 11.7 Å². The summed E-state index contributed by atoms with van der Waals surface area (Å²) in [5, 5.41) is 8.46. The van der Waals surface area contributed by atoms with Gasteiger partial charge in [0.05, 0.1) is 0 Å². The first-order valence-corrected chi connectivity index (χ1v) is 8.97. The number of aromatic nitrogens is 4. The van der Waals surface area contributed by atoms with Crippen molar-refractivity contribution in [3.8, 4) is 0 Å². The van der Waals surface area contributed by atoms with Gasteiger partial charge in [-0.1, -0.05) is 6.92 Å². The van der Waals surface area contributed by atoms with Crippen LogP contribution in [0.1, 0.15) is 47.8 Å². The highest BCUT2D eigenvalue weighted by Crippen LogP contribution is 2.16. The Kier molecular flexibility index (Phi) is 4.62. The Morgan fingerprint density at radius 1 is 1.38 bits per heavy atom. The van der Waals surface area contributed by atoms with E-state index in [4.69, 9.17) is 0 Å². The predicted molar refractivity (Wildman–Crippen MR) is 94.2 cm³/mol. The highest BCUT2D eigenvalue weighted by molar-refractivity contribution is 7.07. The van der Waals surface area contributed by atoms with E-state index in [0.29, 0.717) is 12.3 Å². The molecule has 7 heteroatoms. The standard InChI is InChI=1S/C17H21N5OS/c1-5-12(3)21(9-14-6-7-24-10-14)16(23)15-19-17-18-11(2)8-13(4)22(17)20-15/h6-8,10,12H,5,9H2,1-4H3/t12-/m1/s1. The van der Waals surface area contributed by atoms with Crippen LogP contribution in [-0.2, 0) is 6.54 Å². The minimum Gasteiger partial charge on any atom is -0.329 e. The fraction of sp³-hybridized carbons (Fsp3) is 0.412. The van der Waals surface area contributed by atoms with Crippen molar-refractivity contribution in [3.63, 3.8) is 0 Å². The quantitative estimate of drug-likeness (QED) is 0.713. The molecule has 0 aliphatic heterocycles. The first-order chi connectivity index (χ1) is 11.5. The van der Waals surface area contributed by atoms with Gasteiger partial charge in [0, 0.05) is 24.0 Å². The number of nitrogens with zero attached hydrogens (tertiary/aromatic N) is 5. The van der Waals surface area contributed by atoms with Gasteiger partial charge in [-0.15, -0.1) is 5.10 Å². The summed E-state index contributed by atoms with van der Waals surface area (Å²) < 4.78 is 1.62. The fourth-order valence-electron chi connectivity index (χ4n) is 2.61. The molecule has 0 N–H and O–H groups in total. The SMILES string of the molecule is CC[C@@H](C)N(Cc1ccsc1)C(=O)c1nc2nc(C)cc(C)n2n1. The molecule has 6 nitrogen and oxygen atoms in total. The summed E-state index contributed by atoms with van der Waals surface area (Å²) in [6.45, 7) is 8.53. The smallest absolute Gasteiger partial charge is 0.294 e. The lowest BCUT2D eigenvalue weighted by Crippen LogP contribution is -2.38. The summed E-state index contributed by atoms with van der Waals surface area (Å²) in [7, 11) is 0. The maximum absolute atomic E-state index is 13.0. The van der Waals surface area contributed by atoms with Crippen molar-refractivity contribution >= 4 is 23.0 Å². The summed E-state index contributed by atoms with van der Waals surface area (Å²) in [5.74, 6) is 0.514. The van der Waals surface area contributed by atoms with E-state index in [0.717, 1.165) is 23.4 Å². The van der Waals surface area contributed by atoms with Crippen molar-refractivity contribution in [1.29, 1.82) is 0 Å². The lowest BCUT2D eigenvalue weighted by atomic mass is 10.2. The number of amides is 1. The Labute approximate surface area is 145 Å². The number of hydrogen-bond acceptors (Lipinski definition) is 5. The van der Waals surface area contributed by atoms with Crippen LogP contribution in [0.25, 0.3) is 5.78 Å². The van der Waals surface area contributed by atoms with E-state index < -0.39 is 0 Å². The Morgan fingerprint density at radius 2 is 2.17 bits per heavy atom. The molecule has 0 saturated heterocycles. The highest BCUT2D eigenvalue weighted by Gasteiger charge is 2.25. The van der Waals surface area contributed by atoms with Crippen LogP contribution in [0.15, 0.2) is 22.9 Å². The van der Waals surface area contributed by atoms with Gasteiger partial charge < -0.3 is 4.90 Å². The largest absolute Gasteiger partial charge is 0.329 e. The molecule has 1 amide bonds. The van der Waals surface area contributed by atoms with Gasteiger partial charge in [0.1, 0.15) is 0 Å². The molecule has 126 valence electrons. The molecule has 0 saturated carbocycles. The Bertz CT molecular complexity index is 855. The molecule has 24 heavy (non-hydrogen) atoms. The molecule has 0 spiro atoms. The van der Waals surface area contributed by atoms with Gasteiger partial charge in [-0.05, 0) is 55.6 Å². The lowest BCUT2D eigenvalue weighted by Gasteiger charge is -2.27. The van der Waals surface area contributed by atoms with Crippen LogP contribution in [0.5, 0.6) is 0 Å². The molecule has 0 bridgehead atoms. The Balaban J connectivity index is 1.96. The van der Waals surface area contributed by atoms with Gasteiger partial charge in [0.15, 0.2) is 0 Å². The highest BCUT2D eigenvalue weighted by atomic mass is 32.1. The number of aryl methyl sites for hydroxylation is 2. The number of hydrogen-bond donors (Lipinski definition) is 0. The summed E-state index contributed by atoms with van der Waals surface area (Å²) in [5.41, 5.74) is 2.91. The third kappa shape index (κ3) is 3.17. The topological polar surface area (TPSA) is 63.4 Å². The molecule has 3 heterocycles. The van der Waals surface area contributed by atoms with Crippen LogP contribution in [0.4, 0.5) is 0 Å². The molecule has 0 unspecified atom stereocenters. The van der Waals surface area contributed by atoms with E-state index >= 15 is 0 Å². The number of carbonyl (C=O) groups excluding carboxylic acids is 1. The zero-order chi connectivity index (χ0) is 17.3. The molecular formula is C17H21N5OS.